The van der Waals surface area contributed by atoms with Gasteiger partial charge in [-0.25, -0.2) is 0 Å². The molecule has 2 aromatic rings. The fourth-order valence-electron chi connectivity index (χ4n) is 9.37. The average Bonchev–Trinajstić information content (AvgIpc) is 3.61. The van der Waals surface area contributed by atoms with Crippen molar-refractivity contribution in [2.24, 2.45) is 32.5 Å². The monoisotopic (exact) mass is 952 g/mol. The van der Waals surface area contributed by atoms with E-state index in [0.717, 1.165) is 48.2 Å². The van der Waals surface area contributed by atoms with E-state index in [-0.39, 0.29) is 50.6 Å². The number of fused-ring (bicyclic) bond motifs is 2. The van der Waals surface area contributed by atoms with Crippen LogP contribution in [0.15, 0.2) is 48.5 Å². The average molecular weight is 958 g/mol. The van der Waals surface area contributed by atoms with Gasteiger partial charge in [0.05, 0.1) is 18.3 Å². The van der Waals surface area contributed by atoms with E-state index in [9.17, 15) is 9.59 Å². The van der Waals surface area contributed by atoms with Crippen molar-refractivity contribution in [3.63, 3.8) is 0 Å². The molecule has 8 rings (SSSR count). The molecule has 2 amide bonds. The molecule has 6 fully saturated rings. The maximum atomic E-state index is 13.7. The molecule has 0 saturated heterocycles. The van der Waals surface area contributed by atoms with E-state index < -0.39 is 10.8 Å². The maximum Gasteiger partial charge on any atom is 0.232 e. The number of carbonyl (C=O) groups is 2. The van der Waals surface area contributed by atoms with Crippen molar-refractivity contribution >= 4 is 119 Å². The number of alkyl halides is 6. The first-order valence-electron chi connectivity index (χ1n) is 14.3. The Hall–Kier alpha value is 0.260. The lowest BCUT2D eigenvalue weighted by atomic mass is 9.43. The first kappa shape index (κ1) is 32.2. The molecule has 6 atom stereocenters. The van der Waals surface area contributed by atoms with Gasteiger partial charge in [-0.15, -0.1) is 0 Å². The van der Waals surface area contributed by atoms with Crippen LogP contribution >= 0.6 is 95.6 Å². The van der Waals surface area contributed by atoms with Crippen LogP contribution in [0.2, 0.25) is 0 Å². The number of nitrogens with one attached hydrogen (secondary N) is 2. The number of rotatable bonds is 7. The van der Waals surface area contributed by atoms with E-state index in [4.69, 9.17) is 0 Å². The SMILES string of the molecule is CC1(C)C2(C(=O)Nc3ccc(-c4ccc(NC(=O)C56CCC(C(Br)Br)(C5Br)C6(C)C)cc4)cc3)CCC1(C(Br)Br)C2Br. The molecule has 0 aromatic heterocycles. The van der Waals surface area contributed by atoms with Crippen LogP contribution in [0.25, 0.3) is 11.1 Å². The van der Waals surface area contributed by atoms with Gasteiger partial charge in [-0.1, -0.05) is 148 Å². The zero-order valence-corrected chi connectivity index (χ0v) is 33.4. The Morgan fingerprint density at radius 2 is 0.929 bits per heavy atom. The van der Waals surface area contributed by atoms with E-state index in [0.29, 0.717) is 0 Å². The van der Waals surface area contributed by atoms with E-state index in [1.807, 2.05) is 48.5 Å². The van der Waals surface area contributed by atoms with Crippen molar-refractivity contribution < 1.29 is 9.59 Å². The van der Waals surface area contributed by atoms with Gasteiger partial charge in [-0.05, 0) is 71.9 Å². The summed E-state index contributed by atoms with van der Waals surface area (Å²) < 4.78 is 0.294. The first-order valence-corrected chi connectivity index (χ1v) is 19.8. The highest BCUT2D eigenvalue weighted by molar-refractivity contribution is 9.25. The Morgan fingerprint density at radius 3 is 1.17 bits per heavy atom. The van der Waals surface area contributed by atoms with Gasteiger partial charge < -0.3 is 10.6 Å². The minimum Gasteiger partial charge on any atom is -0.326 e. The summed E-state index contributed by atoms with van der Waals surface area (Å²) in [5.74, 6) is 0.163. The van der Waals surface area contributed by atoms with Crippen LogP contribution in [0.5, 0.6) is 0 Å². The molecule has 2 N–H and O–H groups in total. The molecule has 226 valence electrons. The summed E-state index contributed by atoms with van der Waals surface area (Å²) >= 11 is 22.9. The number of anilines is 2. The predicted octanol–water partition coefficient (Wildman–Crippen LogP) is 10.6. The Kier molecular flexibility index (Phi) is 7.96. The standard InChI is InChI=1S/C32H34Br6N2O2/c1-27(2)29(23(35)36)13-15-31(27,21(29)33)25(41)39-19-9-5-17(6-10-19)18-7-11-20(12-8-18)40-26(42)32-16-14-30(22(32)34,24(37)38)28(32,3)4/h5-12,21-24H,13-16H2,1-4H3,(H,39,41)(H,40,42). The van der Waals surface area contributed by atoms with Crippen LogP contribution in [0, 0.1) is 32.5 Å². The van der Waals surface area contributed by atoms with Gasteiger partial charge in [0.25, 0.3) is 0 Å². The second-order valence-electron chi connectivity index (χ2n) is 13.7. The highest BCUT2D eigenvalue weighted by Gasteiger charge is 2.84. The molecule has 0 heterocycles. The van der Waals surface area contributed by atoms with E-state index >= 15 is 0 Å². The zero-order chi connectivity index (χ0) is 30.7. The summed E-state index contributed by atoms with van der Waals surface area (Å²) in [6.45, 7) is 8.87. The second-order valence-corrected chi connectivity index (χ2v) is 21.6. The molecule has 6 aliphatic rings. The molecule has 6 aliphatic carbocycles. The lowest BCUT2D eigenvalue weighted by Crippen LogP contribution is -2.71. The topological polar surface area (TPSA) is 58.2 Å². The Balaban J connectivity index is 1.12. The predicted molar refractivity (Wildman–Crippen MR) is 194 cm³/mol. The lowest BCUT2D eigenvalue weighted by molar-refractivity contribution is -0.156. The van der Waals surface area contributed by atoms with Gasteiger partial charge in [0, 0.05) is 31.9 Å². The number of hydrogen-bond donors (Lipinski definition) is 2. The van der Waals surface area contributed by atoms with E-state index in [1.54, 1.807) is 0 Å². The van der Waals surface area contributed by atoms with Crippen molar-refractivity contribution in [3.8, 4) is 11.1 Å². The fraction of sp³-hybridized carbons (Fsp3) is 0.562. The fourth-order valence-corrected chi connectivity index (χ4v) is 19.2. The number of carbonyl (C=O) groups excluding carboxylic acids is 2. The molecule has 6 unspecified atom stereocenters. The van der Waals surface area contributed by atoms with E-state index in [2.05, 4.69) is 134 Å². The van der Waals surface area contributed by atoms with Crippen LogP contribution in [0.1, 0.15) is 53.4 Å². The molecule has 10 heteroatoms. The van der Waals surface area contributed by atoms with Crippen LogP contribution in [-0.4, -0.2) is 28.9 Å². The Bertz CT molecular complexity index is 1330. The third-order valence-electron chi connectivity index (χ3n) is 12.4. The molecule has 0 aliphatic heterocycles. The summed E-state index contributed by atoms with van der Waals surface area (Å²) in [5.41, 5.74) is 2.49. The first-order chi connectivity index (χ1) is 19.6. The van der Waals surface area contributed by atoms with Gasteiger partial charge in [0.15, 0.2) is 0 Å². The molecule has 4 nitrogen and oxygen atoms in total. The smallest absolute Gasteiger partial charge is 0.232 e. The Morgan fingerprint density at radius 1 is 0.619 bits per heavy atom. The highest BCUT2D eigenvalue weighted by Crippen LogP contribution is 2.83. The summed E-state index contributed by atoms with van der Waals surface area (Å²) in [6, 6.07) is 16.0. The number of amides is 2. The van der Waals surface area contributed by atoms with Gasteiger partial charge >= 0.3 is 0 Å². The summed E-state index contributed by atoms with van der Waals surface area (Å²) in [4.78, 5) is 27.5. The highest BCUT2D eigenvalue weighted by atomic mass is 79.9. The number of benzene rings is 2. The second kappa shape index (κ2) is 10.4. The largest absolute Gasteiger partial charge is 0.326 e. The summed E-state index contributed by atoms with van der Waals surface area (Å²) in [7, 11) is 0. The van der Waals surface area contributed by atoms with Gasteiger partial charge in [0.1, 0.15) is 0 Å². The summed E-state index contributed by atoms with van der Waals surface area (Å²) in [5, 5.41) is 6.42. The third-order valence-corrected chi connectivity index (χ3v) is 18.9. The molecule has 0 radical (unpaired) electrons. The van der Waals surface area contributed by atoms with Crippen LogP contribution < -0.4 is 10.6 Å². The lowest BCUT2D eigenvalue weighted by Gasteiger charge is -2.66. The Labute approximate surface area is 298 Å². The number of halogens is 6. The van der Waals surface area contributed by atoms with Crippen molar-refractivity contribution in [1.82, 2.24) is 0 Å². The van der Waals surface area contributed by atoms with Crippen molar-refractivity contribution in [2.75, 3.05) is 10.6 Å². The normalized spacial score (nSPS) is 36.9. The molecule has 6 saturated carbocycles. The van der Waals surface area contributed by atoms with E-state index in [1.165, 1.54) is 0 Å². The minimum absolute atomic E-state index is 0.00447. The molecule has 2 aromatic carbocycles. The van der Waals surface area contributed by atoms with Crippen LogP contribution in [0.3, 0.4) is 0 Å². The zero-order valence-electron chi connectivity index (χ0n) is 23.8. The van der Waals surface area contributed by atoms with Gasteiger partial charge in [-0.2, -0.15) is 0 Å². The maximum absolute atomic E-state index is 13.7. The minimum atomic E-state index is -0.445. The summed E-state index contributed by atoms with van der Waals surface area (Å²) in [6.07, 6.45) is 3.70. The number of hydrogen-bond acceptors (Lipinski definition) is 2. The molecule has 42 heavy (non-hydrogen) atoms. The molecule has 0 spiro atoms. The third kappa shape index (κ3) is 3.66. The van der Waals surface area contributed by atoms with Gasteiger partial charge in [-0.3, -0.25) is 9.59 Å². The van der Waals surface area contributed by atoms with Gasteiger partial charge in [0.2, 0.25) is 11.8 Å². The van der Waals surface area contributed by atoms with Crippen LogP contribution in [-0.2, 0) is 9.59 Å². The molecular formula is C32H34Br6N2O2. The molecule has 4 bridgehead atoms. The van der Waals surface area contributed by atoms with Crippen molar-refractivity contribution in [2.45, 2.75) is 70.5 Å². The van der Waals surface area contributed by atoms with Crippen molar-refractivity contribution in [1.29, 1.82) is 0 Å². The van der Waals surface area contributed by atoms with Crippen molar-refractivity contribution in [3.05, 3.63) is 48.5 Å². The molecular weight excluding hydrogens is 924 g/mol. The quantitative estimate of drug-likeness (QED) is 0.272. The van der Waals surface area contributed by atoms with Crippen LogP contribution in [0.4, 0.5) is 11.4 Å².